The summed E-state index contributed by atoms with van der Waals surface area (Å²) in [5.41, 5.74) is 5.84. The predicted molar refractivity (Wildman–Crippen MR) is 72.9 cm³/mol. The van der Waals surface area contributed by atoms with E-state index in [1.54, 1.807) is 24.3 Å². The first-order chi connectivity index (χ1) is 8.19. The van der Waals surface area contributed by atoms with Crippen LogP contribution in [0, 0.1) is 5.82 Å². The summed E-state index contributed by atoms with van der Waals surface area (Å²) in [5.74, 6) is -0.391. The molecular formula is C13H18ClFN2O. The van der Waals surface area contributed by atoms with Crippen LogP contribution in [0.2, 0.25) is 0 Å². The van der Waals surface area contributed by atoms with E-state index in [4.69, 9.17) is 5.73 Å². The lowest BCUT2D eigenvalue weighted by Crippen LogP contribution is -2.32. The van der Waals surface area contributed by atoms with Crippen molar-refractivity contribution >= 4 is 18.3 Å². The zero-order chi connectivity index (χ0) is 12.7. The minimum absolute atomic E-state index is 0. The number of carbonyl (C=O) groups is 1. The second kappa shape index (κ2) is 8.66. The summed E-state index contributed by atoms with van der Waals surface area (Å²) in [7, 11) is 0. The van der Waals surface area contributed by atoms with Crippen molar-refractivity contribution in [3.8, 4) is 0 Å². The van der Waals surface area contributed by atoms with Crippen molar-refractivity contribution < 1.29 is 9.18 Å². The predicted octanol–water partition coefficient (Wildman–Crippen LogP) is 2.11. The van der Waals surface area contributed by atoms with E-state index in [1.807, 2.05) is 0 Å². The molecule has 1 rings (SSSR count). The Balaban J connectivity index is 0.00000289. The van der Waals surface area contributed by atoms with Gasteiger partial charge in [0.2, 0.25) is 5.91 Å². The minimum atomic E-state index is -0.304. The van der Waals surface area contributed by atoms with E-state index in [9.17, 15) is 9.18 Å². The van der Waals surface area contributed by atoms with Gasteiger partial charge in [0.15, 0.2) is 0 Å². The van der Waals surface area contributed by atoms with Gasteiger partial charge in [0.05, 0.1) is 0 Å². The molecule has 0 aliphatic carbocycles. The van der Waals surface area contributed by atoms with Crippen molar-refractivity contribution in [1.29, 1.82) is 0 Å². The Morgan fingerprint density at radius 1 is 1.44 bits per heavy atom. The van der Waals surface area contributed by atoms with Crippen LogP contribution in [0.15, 0.2) is 36.9 Å². The highest BCUT2D eigenvalue weighted by Gasteiger charge is 2.13. The molecule has 100 valence electrons. The summed E-state index contributed by atoms with van der Waals surface area (Å²) in [6, 6.07) is 6.42. The summed E-state index contributed by atoms with van der Waals surface area (Å²) in [4.78, 5) is 13.3. The van der Waals surface area contributed by atoms with Crippen LogP contribution in [0.25, 0.3) is 0 Å². The fraction of sp³-hybridized carbons (Fsp3) is 0.308. The van der Waals surface area contributed by atoms with Gasteiger partial charge >= 0.3 is 0 Å². The quantitative estimate of drug-likeness (QED) is 0.806. The Hall–Kier alpha value is -1.39. The largest absolute Gasteiger partial charge is 0.335 e. The molecule has 2 N–H and O–H groups in total. The van der Waals surface area contributed by atoms with Crippen LogP contribution < -0.4 is 5.73 Å². The van der Waals surface area contributed by atoms with Gasteiger partial charge in [0, 0.05) is 31.6 Å². The smallest absolute Gasteiger partial charge is 0.224 e. The Morgan fingerprint density at radius 3 is 2.67 bits per heavy atom. The Morgan fingerprint density at radius 2 is 2.11 bits per heavy atom. The summed E-state index contributed by atoms with van der Waals surface area (Å²) < 4.78 is 13.5. The maximum absolute atomic E-state index is 13.5. The minimum Gasteiger partial charge on any atom is -0.335 e. The molecule has 3 nitrogen and oxygen atoms in total. The molecule has 0 fully saturated rings. The van der Waals surface area contributed by atoms with Gasteiger partial charge in [0.1, 0.15) is 5.82 Å². The summed E-state index contributed by atoms with van der Waals surface area (Å²) >= 11 is 0. The van der Waals surface area contributed by atoms with Crippen LogP contribution in [0.3, 0.4) is 0 Å². The third-order valence-electron chi connectivity index (χ3n) is 2.38. The number of nitrogens with two attached hydrogens (primary N) is 1. The number of hydrogen-bond acceptors (Lipinski definition) is 2. The van der Waals surface area contributed by atoms with Gasteiger partial charge in [-0.2, -0.15) is 0 Å². The third kappa shape index (κ3) is 4.85. The van der Waals surface area contributed by atoms with Gasteiger partial charge in [-0.15, -0.1) is 19.0 Å². The van der Waals surface area contributed by atoms with Crippen molar-refractivity contribution in [2.45, 2.75) is 13.0 Å². The van der Waals surface area contributed by atoms with E-state index in [0.29, 0.717) is 18.7 Å². The van der Waals surface area contributed by atoms with Gasteiger partial charge in [-0.25, -0.2) is 4.39 Å². The van der Waals surface area contributed by atoms with E-state index in [-0.39, 0.29) is 37.1 Å². The first-order valence-electron chi connectivity index (χ1n) is 5.51. The number of benzene rings is 1. The van der Waals surface area contributed by atoms with Crippen LogP contribution in [0.4, 0.5) is 4.39 Å². The summed E-state index contributed by atoms with van der Waals surface area (Å²) in [5, 5.41) is 0. The SMILES string of the molecule is C=CCN(Cc1ccccc1F)C(=O)CCN.Cl. The average molecular weight is 273 g/mol. The van der Waals surface area contributed by atoms with Gasteiger partial charge in [0.25, 0.3) is 0 Å². The molecule has 1 aromatic carbocycles. The summed E-state index contributed by atoms with van der Waals surface area (Å²) in [6.45, 7) is 4.53. The van der Waals surface area contributed by atoms with Crippen LogP contribution >= 0.6 is 12.4 Å². The molecule has 0 atom stereocenters. The Labute approximate surface area is 113 Å². The van der Waals surface area contributed by atoms with Crippen LogP contribution in [-0.2, 0) is 11.3 Å². The van der Waals surface area contributed by atoms with Gasteiger partial charge in [-0.3, -0.25) is 4.79 Å². The lowest BCUT2D eigenvalue weighted by molar-refractivity contribution is -0.131. The van der Waals surface area contributed by atoms with Crippen LogP contribution in [0.1, 0.15) is 12.0 Å². The molecule has 0 heterocycles. The second-order valence-electron chi connectivity index (χ2n) is 3.69. The van der Waals surface area contributed by atoms with E-state index < -0.39 is 0 Å². The second-order valence-corrected chi connectivity index (χ2v) is 3.69. The molecule has 0 bridgehead atoms. The van der Waals surface area contributed by atoms with Crippen LogP contribution in [0.5, 0.6) is 0 Å². The van der Waals surface area contributed by atoms with Crippen molar-refractivity contribution in [1.82, 2.24) is 4.90 Å². The molecule has 5 heteroatoms. The number of carbonyl (C=O) groups excluding carboxylic acids is 1. The standard InChI is InChI=1S/C13H17FN2O.ClH/c1-2-9-16(13(17)7-8-15)10-11-5-3-4-6-12(11)14;/h2-6H,1,7-10,15H2;1H. The lowest BCUT2D eigenvalue weighted by Gasteiger charge is -2.21. The van der Waals surface area contributed by atoms with Gasteiger partial charge < -0.3 is 10.6 Å². The zero-order valence-corrected chi connectivity index (χ0v) is 11.0. The topological polar surface area (TPSA) is 46.3 Å². The lowest BCUT2D eigenvalue weighted by atomic mass is 10.2. The molecule has 0 radical (unpaired) electrons. The maximum atomic E-state index is 13.5. The highest BCUT2D eigenvalue weighted by Crippen LogP contribution is 2.10. The number of rotatable bonds is 6. The molecule has 0 aliphatic heterocycles. The first kappa shape index (κ1) is 16.6. The molecule has 1 amide bonds. The van der Waals surface area contributed by atoms with E-state index >= 15 is 0 Å². The monoisotopic (exact) mass is 272 g/mol. The Bertz CT molecular complexity index is 398. The fourth-order valence-electron chi connectivity index (χ4n) is 1.52. The first-order valence-corrected chi connectivity index (χ1v) is 5.51. The summed E-state index contributed by atoms with van der Waals surface area (Å²) in [6.07, 6.45) is 1.89. The normalized spacial score (nSPS) is 9.44. The number of nitrogens with zero attached hydrogens (tertiary/aromatic N) is 1. The van der Waals surface area contributed by atoms with Crippen molar-refractivity contribution in [3.63, 3.8) is 0 Å². The van der Waals surface area contributed by atoms with Gasteiger partial charge in [-0.1, -0.05) is 24.3 Å². The number of amides is 1. The molecule has 0 spiro atoms. The molecular weight excluding hydrogens is 255 g/mol. The highest BCUT2D eigenvalue weighted by atomic mass is 35.5. The number of hydrogen-bond donors (Lipinski definition) is 1. The van der Waals surface area contributed by atoms with E-state index in [2.05, 4.69) is 6.58 Å². The Kier molecular flexibility index (Phi) is 8.00. The molecule has 1 aromatic rings. The highest BCUT2D eigenvalue weighted by molar-refractivity contribution is 5.85. The molecule has 0 aromatic heterocycles. The molecule has 0 aliphatic rings. The molecule has 0 saturated heterocycles. The zero-order valence-electron chi connectivity index (χ0n) is 10.1. The third-order valence-corrected chi connectivity index (χ3v) is 2.38. The van der Waals surface area contributed by atoms with Crippen molar-refractivity contribution in [2.75, 3.05) is 13.1 Å². The molecule has 0 saturated carbocycles. The van der Waals surface area contributed by atoms with Gasteiger partial charge in [-0.05, 0) is 6.07 Å². The van der Waals surface area contributed by atoms with E-state index in [0.717, 1.165) is 0 Å². The van der Waals surface area contributed by atoms with Crippen molar-refractivity contribution in [2.24, 2.45) is 5.73 Å². The fourth-order valence-corrected chi connectivity index (χ4v) is 1.52. The van der Waals surface area contributed by atoms with Crippen LogP contribution in [-0.4, -0.2) is 23.9 Å². The maximum Gasteiger partial charge on any atom is 0.224 e. The molecule has 0 unspecified atom stereocenters. The number of halogens is 2. The molecule has 18 heavy (non-hydrogen) atoms. The van der Waals surface area contributed by atoms with Crippen molar-refractivity contribution in [3.05, 3.63) is 48.3 Å². The van der Waals surface area contributed by atoms with E-state index in [1.165, 1.54) is 11.0 Å². The average Bonchev–Trinajstić information content (AvgIpc) is 2.31.